The summed E-state index contributed by atoms with van der Waals surface area (Å²) in [5.41, 5.74) is 5.02. The quantitative estimate of drug-likeness (QED) is 0.450. The van der Waals surface area contributed by atoms with Crippen molar-refractivity contribution in [1.29, 1.82) is 0 Å². The van der Waals surface area contributed by atoms with Crippen LogP contribution in [0.4, 0.5) is 5.13 Å². The lowest BCUT2D eigenvalue weighted by Gasteiger charge is -2.05. The Hall–Kier alpha value is -1.19. The van der Waals surface area contributed by atoms with E-state index < -0.39 is 5.54 Å². The lowest BCUT2D eigenvalue weighted by Crippen LogP contribution is -2.37. The molecule has 0 atom stereocenters. The maximum absolute atomic E-state index is 11.7. The van der Waals surface area contributed by atoms with Gasteiger partial charge in [-0.25, -0.2) is 0 Å². The number of rotatable bonds is 6. The summed E-state index contributed by atoms with van der Waals surface area (Å²) < 4.78 is 5.40. The van der Waals surface area contributed by atoms with E-state index in [1.54, 1.807) is 6.92 Å². The number of hydrogen-bond donors (Lipinski definition) is 2. The van der Waals surface area contributed by atoms with E-state index in [0.29, 0.717) is 28.9 Å². The summed E-state index contributed by atoms with van der Waals surface area (Å²) in [5, 5.41) is 10.7. The number of ether oxygens (including phenoxy) is 1. The first-order chi connectivity index (χ1) is 9.03. The highest BCUT2D eigenvalue weighted by Crippen LogP contribution is 2.34. The van der Waals surface area contributed by atoms with Crippen LogP contribution in [0.5, 0.6) is 0 Å². The predicted octanol–water partition coefficient (Wildman–Crippen LogP) is 0.623. The summed E-state index contributed by atoms with van der Waals surface area (Å²) >= 11 is 2.44. The fourth-order valence-corrected chi connectivity index (χ4v) is 2.77. The molecule has 104 valence electrons. The first-order valence-electron chi connectivity index (χ1n) is 5.76. The minimum absolute atomic E-state index is 0.178. The summed E-state index contributed by atoms with van der Waals surface area (Å²) in [6.45, 7) is 2.11. The number of anilines is 1. The number of carbonyl (C=O) groups is 2. The Morgan fingerprint density at radius 3 is 2.89 bits per heavy atom. The van der Waals surface area contributed by atoms with Crippen LogP contribution >= 0.6 is 23.1 Å². The third-order valence-electron chi connectivity index (χ3n) is 2.49. The zero-order valence-corrected chi connectivity index (χ0v) is 12.0. The molecule has 1 aromatic rings. The highest BCUT2D eigenvalue weighted by molar-refractivity contribution is 8.01. The Morgan fingerprint density at radius 1 is 1.53 bits per heavy atom. The smallest absolute Gasteiger partial charge is 0.316 e. The van der Waals surface area contributed by atoms with Gasteiger partial charge in [-0.15, -0.1) is 10.2 Å². The van der Waals surface area contributed by atoms with Crippen LogP contribution in [-0.4, -0.2) is 40.0 Å². The van der Waals surface area contributed by atoms with Gasteiger partial charge in [0, 0.05) is 0 Å². The second-order valence-electron chi connectivity index (χ2n) is 4.08. The predicted molar refractivity (Wildman–Crippen MR) is 72.0 cm³/mol. The van der Waals surface area contributed by atoms with Crippen LogP contribution in [0.1, 0.15) is 19.8 Å². The number of nitrogens with two attached hydrogens (primary N) is 1. The van der Waals surface area contributed by atoms with E-state index in [9.17, 15) is 9.59 Å². The van der Waals surface area contributed by atoms with Gasteiger partial charge in [-0.2, -0.15) is 0 Å². The molecule has 0 spiro atoms. The van der Waals surface area contributed by atoms with E-state index >= 15 is 0 Å². The molecule has 1 amide bonds. The van der Waals surface area contributed by atoms with Crippen LogP contribution in [0.2, 0.25) is 0 Å². The third-order valence-corrected chi connectivity index (χ3v) is 4.43. The third kappa shape index (κ3) is 3.88. The molecular weight excluding hydrogens is 288 g/mol. The fraction of sp³-hybridized carbons (Fsp3) is 0.600. The number of aromatic nitrogens is 2. The molecule has 0 unspecified atom stereocenters. The van der Waals surface area contributed by atoms with Gasteiger partial charge >= 0.3 is 5.97 Å². The Bertz CT molecular complexity index is 487. The summed E-state index contributed by atoms with van der Waals surface area (Å²) in [7, 11) is 0. The average molecular weight is 302 g/mol. The SMILES string of the molecule is CCOC(=O)CSc1nnc(NC(=O)C2(N)CC2)s1. The summed E-state index contributed by atoms with van der Waals surface area (Å²) in [4.78, 5) is 22.8. The van der Waals surface area contributed by atoms with Crippen molar-refractivity contribution < 1.29 is 14.3 Å². The van der Waals surface area contributed by atoms with E-state index in [0.717, 1.165) is 0 Å². The summed E-state index contributed by atoms with van der Waals surface area (Å²) in [6.07, 6.45) is 1.39. The standard InChI is InChI=1S/C10H14N4O3S2/c1-2-17-6(15)5-18-9-14-13-8(19-9)12-7(16)10(11)3-4-10/h2-5,11H2,1H3,(H,12,13,16). The Labute approximate surface area is 118 Å². The van der Waals surface area contributed by atoms with E-state index in [-0.39, 0.29) is 17.6 Å². The Morgan fingerprint density at radius 2 is 2.26 bits per heavy atom. The summed E-state index contributed by atoms with van der Waals surface area (Å²) in [5.74, 6) is -0.352. The van der Waals surface area contributed by atoms with Crippen LogP contribution in [0, 0.1) is 0 Å². The average Bonchev–Trinajstić information content (AvgIpc) is 2.97. The first-order valence-corrected chi connectivity index (χ1v) is 7.56. The van der Waals surface area contributed by atoms with Crippen LogP contribution < -0.4 is 11.1 Å². The Balaban J connectivity index is 1.82. The maximum Gasteiger partial charge on any atom is 0.316 e. The number of esters is 1. The van der Waals surface area contributed by atoms with Gasteiger partial charge in [-0.1, -0.05) is 23.1 Å². The molecule has 1 saturated carbocycles. The van der Waals surface area contributed by atoms with Gasteiger partial charge in [0.15, 0.2) is 4.34 Å². The monoisotopic (exact) mass is 302 g/mol. The molecule has 1 heterocycles. The number of amides is 1. The van der Waals surface area contributed by atoms with Gasteiger partial charge in [-0.3, -0.25) is 14.9 Å². The van der Waals surface area contributed by atoms with Gasteiger partial charge in [-0.05, 0) is 19.8 Å². The van der Waals surface area contributed by atoms with Gasteiger partial charge in [0.2, 0.25) is 11.0 Å². The molecule has 0 radical (unpaired) electrons. The van der Waals surface area contributed by atoms with Crippen molar-refractivity contribution in [2.45, 2.75) is 29.6 Å². The molecule has 1 aliphatic carbocycles. The van der Waals surface area contributed by atoms with Crippen molar-refractivity contribution in [2.24, 2.45) is 5.73 Å². The molecule has 1 aromatic heterocycles. The molecule has 19 heavy (non-hydrogen) atoms. The number of carbonyl (C=O) groups excluding carboxylic acids is 2. The Kier molecular flexibility index (Phi) is 4.38. The van der Waals surface area contributed by atoms with E-state index in [1.807, 2.05) is 0 Å². The van der Waals surface area contributed by atoms with Crippen molar-refractivity contribution in [3.05, 3.63) is 0 Å². The lowest BCUT2D eigenvalue weighted by molar-refractivity contribution is -0.139. The minimum atomic E-state index is -0.732. The molecule has 2 rings (SSSR count). The molecule has 1 aliphatic rings. The number of hydrogen-bond acceptors (Lipinski definition) is 8. The minimum Gasteiger partial charge on any atom is -0.465 e. The topological polar surface area (TPSA) is 107 Å². The largest absolute Gasteiger partial charge is 0.465 e. The molecule has 0 aliphatic heterocycles. The number of nitrogens with one attached hydrogen (secondary N) is 1. The van der Waals surface area contributed by atoms with Crippen LogP contribution in [0.3, 0.4) is 0 Å². The molecule has 0 saturated heterocycles. The van der Waals surface area contributed by atoms with E-state index in [1.165, 1.54) is 23.1 Å². The zero-order chi connectivity index (χ0) is 13.9. The van der Waals surface area contributed by atoms with Crippen molar-refractivity contribution in [2.75, 3.05) is 17.7 Å². The van der Waals surface area contributed by atoms with E-state index in [2.05, 4.69) is 15.5 Å². The van der Waals surface area contributed by atoms with Crippen LogP contribution in [0.15, 0.2) is 4.34 Å². The van der Waals surface area contributed by atoms with Crippen molar-refractivity contribution in [3.63, 3.8) is 0 Å². The van der Waals surface area contributed by atoms with Crippen molar-refractivity contribution in [1.82, 2.24) is 10.2 Å². The molecule has 7 nitrogen and oxygen atoms in total. The van der Waals surface area contributed by atoms with Gasteiger partial charge in [0.25, 0.3) is 0 Å². The molecule has 9 heteroatoms. The molecular formula is C10H14N4O3S2. The van der Waals surface area contributed by atoms with Crippen molar-refractivity contribution >= 4 is 40.1 Å². The highest BCUT2D eigenvalue weighted by Gasteiger charge is 2.46. The number of thioether (sulfide) groups is 1. The second-order valence-corrected chi connectivity index (χ2v) is 6.28. The highest BCUT2D eigenvalue weighted by atomic mass is 32.2. The van der Waals surface area contributed by atoms with E-state index in [4.69, 9.17) is 10.5 Å². The van der Waals surface area contributed by atoms with Crippen LogP contribution in [0.25, 0.3) is 0 Å². The lowest BCUT2D eigenvalue weighted by atomic mass is 10.3. The maximum atomic E-state index is 11.7. The summed E-state index contributed by atoms with van der Waals surface area (Å²) in [6, 6.07) is 0. The second kappa shape index (κ2) is 5.85. The van der Waals surface area contributed by atoms with Crippen molar-refractivity contribution in [3.8, 4) is 0 Å². The normalized spacial score (nSPS) is 15.9. The molecule has 3 N–H and O–H groups in total. The van der Waals surface area contributed by atoms with Crippen LogP contribution in [-0.2, 0) is 14.3 Å². The number of nitrogens with zero attached hydrogens (tertiary/aromatic N) is 2. The zero-order valence-electron chi connectivity index (χ0n) is 10.3. The molecule has 0 aromatic carbocycles. The fourth-order valence-electron chi connectivity index (χ4n) is 1.23. The first kappa shape index (κ1) is 14.2. The van der Waals surface area contributed by atoms with Gasteiger partial charge in [0.1, 0.15) is 0 Å². The molecule has 0 bridgehead atoms. The van der Waals surface area contributed by atoms with Gasteiger partial charge in [0.05, 0.1) is 17.9 Å². The van der Waals surface area contributed by atoms with Gasteiger partial charge < -0.3 is 10.5 Å². The molecule has 1 fully saturated rings.